The van der Waals surface area contributed by atoms with Gasteiger partial charge >= 0.3 is 0 Å². The Hall–Kier alpha value is -1.88. The van der Waals surface area contributed by atoms with Crippen LogP contribution in [0.3, 0.4) is 0 Å². The molecule has 2 amide bonds. The molecule has 1 atom stereocenters. The average Bonchev–Trinajstić information content (AvgIpc) is 2.47. The first-order chi connectivity index (χ1) is 10.3. The highest BCUT2D eigenvalue weighted by molar-refractivity contribution is 5.96. The summed E-state index contributed by atoms with van der Waals surface area (Å²) in [6, 6.07) is 7.31. The molecule has 120 valence electrons. The highest BCUT2D eigenvalue weighted by Crippen LogP contribution is 2.21. The molecule has 22 heavy (non-hydrogen) atoms. The normalized spacial score (nSPS) is 20.5. The third kappa shape index (κ3) is 3.85. The molecule has 0 aromatic heterocycles. The summed E-state index contributed by atoms with van der Waals surface area (Å²) in [5.41, 5.74) is 1.24. The number of carbonyl (C=O) groups is 2. The van der Waals surface area contributed by atoms with Crippen molar-refractivity contribution in [2.24, 2.45) is 0 Å². The van der Waals surface area contributed by atoms with E-state index in [-0.39, 0.29) is 30.0 Å². The molecular formula is C17H24N2O3. The third-order valence-electron chi connectivity index (χ3n) is 3.87. The zero-order valence-electron chi connectivity index (χ0n) is 13.7. The summed E-state index contributed by atoms with van der Waals surface area (Å²) in [7, 11) is 0. The quantitative estimate of drug-likeness (QED) is 0.925. The van der Waals surface area contributed by atoms with Gasteiger partial charge in [-0.05, 0) is 39.8 Å². The lowest BCUT2D eigenvalue weighted by Gasteiger charge is -2.44. The van der Waals surface area contributed by atoms with E-state index in [1.165, 1.54) is 0 Å². The van der Waals surface area contributed by atoms with Gasteiger partial charge in [0.15, 0.2) is 0 Å². The van der Waals surface area contributed by atoms with Crippen molar-refractivity contribution in [2.45, 2.75) is 39.3 Å². The van der Waals surface area contributed by atoms with E-state index in [4.69, 9.17) is 4.74 Å². The smallest absolute Gasteiger partial charge is 0.251 e. The molecule has 0 bridgehead atoms. The summed E-state index contributed by atoms with van der Waals surface area (Å²) in [6.45, 7) is 8.87. The zero-order chi connectivity index (χ0) is 16.3. The third-order valence-corrected chi connectivity index (χ3v) is 3.87. The van der Waals surface area contributed by atoms with Crippen molar-refractivity contribution in [1.82, 2.24) is 10.2 Å². The van der Waals surface area contributed by atoms with Crippen molar-refractivity contribution in [3.8, 4) is 0 Å². The molecule has 1 aliphatic rings. The van der Waals surface area contributed by atoms with Gasteiger partial charge in [0.05, 0.1) is 24.8 Å². The van der Waals surface area contributed by atoms with Crippen LogP contribution in [0.1, 0.15) is 36.7 Å². The Morgan fingerprint density at radius 2 is 2.14 bits per heavy atom. The summed E-state index contributed by atoms with van der Waals surface area (Å²) in [5.74, 6) is -0.308. The molecular weight excluding hydrogens is 280 g/mol. The topological polar surface area (TPSA) is 58.6 Å². The van der Waals surface area contributed by atoms with Gasteiger partial charge in [0, 0.05) is 12.1 Å². The van der Waals surface area contributed by atoms with E-state index in [0.717, 1.165) is 5.56 Å². The van der Waals surface area contributed by atoms with Gasteiger partial charge in [-0.3, -0.25) is 9.59 Å². The molecule has 0 saturated carbocycles. The molecule has 1 unspecified atom stereocenters. The second kappa shape index (κ2) is 6.48. The molecule has 0 radical (unpaired) electrons. The van der Waals surface area contributed by atoms with Crippen molar-refractivity contribution in [2.75, 3.05) is 19.7 Å². The summed E-state index contributed by atoms with van der Waals surface area (Å²) < 4.78 is 5.60. The van der Waals surface area contributed by atoms with Crippen LogP contribution in [-0.2, 0) is 9.53 Å². The lowest BCUT2D eigenvalue weighted by molar-refractivity contribution is -0.151. The van der Waals surface area contributed by atoms with Gasteiger partial charge in [0.2, 0.25) is 5.91 Å². The van der Waals surface area contributed by atoms with Crippen LogP contribution in [0.25, 0.3) is 0 Å². The molecule has 5 heteroatoms. The van der Waals surface area contributed by atoms with E-state index in [1.54, 1.807) is 17.0 Å². The number of ether oxygens (including phenoxy) is 1. The van der Waals surface area contributed by atoms with Gasteiger partial charge in [0.1, 0.15) is 0 Å². The summed E-state index contributed by atoms with van der Waals surface area (Å²) in [4.78, 5) is 26.3. The largest absolute Gasteiger partial charge is 0.374 e. The van der Waals surface area contributed by atoms with Crippen LogP contribution in [0.4, 0.5) is 0 Å². The van der Waals surface area contributed by atoms with Crippen molar-refractivity contribution in [3.05, 3.63) is 35.4 Å². The van der Waals surface area contributed by atoms with E-state index in [0.29, 0.717) is 18.7 Å². The second-order valence-electron chi connectivity index (χ2n) is 6.49. The number of aryl methyl sites for hydroxylation is 1. The Bertz CT molecular complexity index is 569. The van der Waals surface area contributed by atoms with E-state index < -0.39 is 0 Å². The fourth-order valence-electron chi connectivity index (χ4n) is 2.56. The molecule has 1 aromatic rings. The number of hydrogen-bond acceptors (Lipinski definition) is 3. The first-order valence-corrected chi connectivity index (χ1v) is 7.56. The number of morpholine rings is 1. The lowest BCUT2D eigenvalue weighted by Crippen LogP contribution is -2.59. The molecule has 1 heterocycles. The van der Waals surface area contributed by atoms with E-state index in [2.05, 4.69) is 5.32 Å². The Morgan fingerprint density at radius 1 is 1.41 bits per heavy atom. The Balaban J connectivity index is 1.96. The first-order valence-electron chi connectivity index (χ1n) is 7.56. The maximum Gasteiger partial charge on any atom is 0.251 e. The fraction of sp³-hybridized carbons (Fsp3) is 0.529. The van der Waals surface area contributed by atoms with Crippen LogP contribution >= 0.6 is 0 Å². The molecule has 0 spiro atoms. The first kappa shape index (κ1) is 16.5. The van der Waals surface area contributed by atoms with E-state index in [1.807, 2.05) is 39.8 Å². The number of carbonyl (C=O) groups excluding carboxylic acids is 2. The minimum absolute atomic E-state index is 0.00290. The zero-order valence-corrected chi connectivity index (χ0v) is 13.7. The maximum absolute atomic E-state index is 12.4. The molecule has 1 saturated heterocycles. The number of benzene rings is 1. The number of nitrogens with one attached hydrogen (secondary N) is 1. The van der Waals surface area contributed by atoms with E-state index >= 15 is 0 Å². The second-order valence-corrected chi connectivity index (χ2v) is 6.49. The lowest BCUT2D eigenvalue weighted by atomic mass is 10.0. The van der Waals surface area contributed by atoms with E-state index in [9.17, 15) is 9.59 Å². The predicted octanol–water partition coefficient (Wildman–Crippen LogP) is 1.75. The number of nitrogens with zero attached hydrogens (tertiary/aromatic N) is 1. The molecule has 2 rings (SSSR count). The Morgan fingerprint density at radius 3 is 2.82 bits per heavy atom. The molecule has 1 N–H and O–H groups in total. The highest BCUT2D eigenvalue weighted by Gasteiger charge is 2.36. The number of hydrogen-bond donors (Lipinski definition) is 1. The van der Waals surface area contributed by atoms with Crippen molar-refractivity contribution in [1.29, 1.82) is 0 Å². The summed E-state index contributed by atoms with van der Waals surface area (Å²) in [6.07, 6.45) is 0.0180. The van der Waals surface area contributed by atoms with Gasteiger partial charge in [-0.25, -0.2) is 0 Å². The van der Waals surface area contributed by atoms with Gasteiger partial charge in [-0.15, -0.1) is 0 Å². The summed E-state index contributed by atoms with van der Waals surface area (Å²) in [5, 5.41) is 2.70. The molecule has 5 nitrogen and oxygen atoms in total. The van der Waals surface area contributed by atoms with Crippen LogP contribution < -0.4 is 5.32 Å². The molecule has 0 aliphatic carbocycles. The minimum Gasteiger partial charge on any atom is -0.374 e. The van der Waals surface area contributed by atoms with Crippen LogP contribution in [-0.4, -0.2) is 48.1 Å². The van der Waals surface area contributed by atoms with Crippen molar-refractivity contribution in [3.63, 3.8) is 0 Å². The number of rotatable bonds is 3. The SMILES string of the molecule is Cc1cccc(C(=O)NCC(=O)N2CC(C)OCC2(C)C)c1. The monoisotopic (exact) mass is 304 g/mol. The standard InChI is InChI=1S/C17H24N2O3/c1-12-6-5-7-14(8-12)16(21)18-9-15(20)19-10-13(2)22-11-17(19,3)4/h5-8,13H,9-11H2,1-4H3,(H,18,21). The van der Waals surface area contributed by atoms with Gasteiger partial charge < -0.3 is 15.0 Å². The molecule has 1 fully saturated rings. The van der Waals surface area contributed by atoms with Gasteiger partial charge in [0.25, 0.3) is 5.91 Å². The van der Waals surface area contributed by atoms with Crippen molar-refractivity contribution >= 4 is 11.8 Å². The fourth-order valence-corrected chi connectivity index (χ4v) is 2.56. The molecule has 1 aliphatic heterocycles. The van der Waals surface area contributed by atoms with Crippen LogP contribution in [0.5, 0.6) is 0 Å². The minimum atomic E-state index is -0.350. The summed E-state index contributed by atoms with van der Waals surface area (Å²) >= 11 is 0. The average molecular weight is 304 g/mol. The van der Waals surface area contributed by atoms with Crippen LogP contribution in [0, 0.1) is 6.92 Å². The van der Waals surface area contributed by atoms with Crippen molar-refractivity contribution < 1.29 is 14.3 Å². The predicted molar refractivity (Wildman–Crippen MR) is 84.7 cm³/mol. The molecule has 1 aromatic carbocycles. The van der Waals surface area contributed by atoms with Crippen LogP contribution in [0.2, 0.25) is 0 Å². The van der Waals surface area contributed by atoms with Gasteiger partial charge in [-0.2, -0.15) is 0 Å². The highest BCUT2D eigenvalue weighted by atomic mass is 16.5. The Kier molecular flexibility index (Phi) is 4.86. The van der Waals surface area contributed by atoms with Crippen LogP contribution in [0.15, 0.2) is 24.3 Å². The maximum atomic E-state index is 12.4. The Labute approximate surface area is 131 Å². The number of amides is 2. The van der Waals surface area contributed by atoms with Gasteiger partial charge in [-0.1, -0.05) is 17.7 Å².